The van der Waals surface area contributed by atoms with Crippen LogP contribution in [0.25, 0.3) is 10.8 Å². The molecule has 0 saturated heterocycles. The van der Waals surface area contributed by atoms with Crippen LogP contribution in [0.1, 0.15) is 45.2 Å². The van der Waals surface area contributed by atoms with Crippen LogP contribution in [-0.4, -0.2) is 46.5 Å². The molecule has 0 aliphatic heterocycles. The van der Waals surface area contributed by atoms with E-state index in [2.05, 4.69) is 10.4 Å². The van der Waals surface area contributed by atoms with Gasteiger partial charge in [0.2, 0.25) is 5.91 Å². The molecular weight excluding hydrogens is 344 g/mol. The van der Waals surface area contributed by atoms with Gasteiger partial charge in [0.1, 0.15) is 6.54 Å². The van der Waals surface area contributed by atoms with Gasteiger partial charge in [-0.25, -0.2) is 4.68 Å². The first-order valence-electron chi connectivity index (χ1n) is 9.31. The number of rotatable bonds is 5. The number of amides is 1. The summed E-state index contributed by atoms with van der Waals surface area (Å²) in [6.07, 6.45) is 1.06. The lowest BCUT2D eigenvalue weighted by Gasteiger charge is -2.41. The number of aromatic nitrogens is 2. The highest BCUT2D eigenvalue weighted by Crippen LogP contribution is 2.31. The van der Waals surface area contributed by atoms with Crippen LogP contribution in [0.15, 0.2) is 23.0 Å². The summed E-state index contributed by atoms with van der Waals surface area (Å²) in [6, 6.07) is 5.63. The standard InChI is InChI=1S/C20H28N4O3/c1-12(2)18-16-8-14(23(4)5)6-7-15(16)19(26)24(22-18)11-17(25)21-13-9-20(3,27)10-13/h6-8,12-13,27H,9-11H2,1-5H3,(H,21,25)/t13-,20+. The number of carbonyl (C=O) groups excluding carboxylic acids is 1. The average molecular weight is 372 g/mol. The van der Waals surface area contributed by atoms with Gasteiger partial charge in [-0.1, -0.05) is 13.8 Å². The van der Waals surface area contributed by atoms with Crippen molar-refractivity contribution < 1.29 is 9.90 Å². The molecule has 1 aromatic carbocycles. The minimum atomic E-state index is -0.703. The Morgan fingerprint density at radius 1 is 1.37 bits per heavy atom. The Morgan fingerprint density at radius 3 is 2.59 bits per heavy atom. The molecule has 146 valence electrons. The van der Waals surface area contributed by atoms with Crippen molar-refractivity contribution in [1.29, 1.82) is 0 Å². The summed E-state index contributed by atoms with van der Waals surface area (Å²) in [7, 11) is 3.90. The van der Waals surface area contributed by atoms with Crippen molar-refractivity contribution >= 4 is 22.4 Å². The zero-order valence-corrected chi connectivity index (χ0v) is 16.6. The van der Waals surface area contributed by atoms with Crippen molar-refractivity contribution in [3.8, 4) is 0 Å². The first kappa shape index (κ1) is 19.4. The number of anilines is 1. The molecule has 1 heterocycles. The number of carbonyl (C=O) groups is 1. The third kappa shape index (κ3) is 3.98. The van der Waals surface area contributed by atoms with E-state index in [1.54, 1.807) is 13.0 Å². The smallest absolute Gasteiger partial charge is 0.275 e. The van der Waals surface area contributed by atoms with E-state index in [0.29, 0.717) is 18.2 Å². The summed E-state index contributed by atoms with van der Waals surface area (Å²) in [6.45, 7) is 5.68. The van der Waals surface area contributed by atoms with Gasteiger partial charge in [0, 0.05) is 31.2 Å². The minimum Gasteiger partial charge on any atom is -0.390 e. The molecule has 2 aromatic rings. The molecule has 1 aliphatic rings. The van der Waals surface area contributed by atoms with Crippen LogP contribution in [0.4, 0.5) is 5.69 Å². The Morgan fingerprint density at radius 2 is 2.04 bits per heavy atom. The number of benzene rings is 1. The third-order valence-electron chi connectivity index (χ3n) is 5.07. The first-order chi connectivity index (χ1) is 12.6. The monoisotopic (exact) mass is 372 g/mol. The molecule has 1 aromatic heterocycles. The Hall–Kier alpha value is -2.41. The fourth-order valence-corrected chi connectivity index (χ4v) is 3.62. The van der Waals surface area contributed by atoms with E-state index in [1.807, 2.05) is 45.0 Å². The zero-order valence-electron chi connectivity index (χ0n) is 16.6. The number of nitrogens with one attached hydrogen (secondary N) is 1. The molecule has 2 N–H and O–H groups in total. The van der Waals surface area contributed by atoms with Gasteiger partial charge in [-0.2, -0.15) is 5.10 Å². The Kier molecular flexibility index (Phi) is 4.99. The van der Waals surface area contributed by atoms with Crippen LogP contribution in [0.5, 0.6) is 0 Å². The molecule has 0 spiro atoms. The first-order valence-corrected chi connectivity index (χ1v) is 9.31. The van der Waals surface area contributed by atoms with Crippen LogP contribution in [0, 0.1) is 0 Å². The van der Waals surface area contributed by atoms with E-state index in [1.165, 1.54) is 4.68 Å². The lowest BCUT2D eigenvalue weighted by Crippen LogP contribution is -2.54. The number of nitrogens with zero attached hydrogens (tertiary/aromatic N) is 3. The van der Waals surface area contributed by atoms with Crippen LogP contribution in [-0.2, 0) is 11.3 Å². The van der Waals surface area contributed by atoms with Crippen molar-refractivity contribution in [3.63, 3.8) is 0 Å². The maximum Gasteiger partial charge on any atom is 0.275 e. The molecule has 7 nitrogen and oxygen atoms in total. The lowest BCUT2D eigenvalue weighted by molar-refractivity contribution is -0.125. The Bertz CT molecular complexity index is 923. The molecule has 1 amide bonds. The number of hydrogen-bond acceptors (Lipinski definition) is 5. The molecule has 27 heavy (non-hydrogen) atoms. The van der Waals surface area contributed by atoms with Crippen molar-refractivity contribution in [2.24, 2.45) is 0 Å². The topological polar surface area (TPSA) is 87.5 Å². The second kappa shape index (κ2) is 6.96. The van der Waals surface area contributed by atoms with E-state index >= 15 is 0 Å². The van der Waals surface area contributed by atoms with Crippen molar-refractivity contribution in [2.45, 2.75) is 57.7 Å². The summed E-state index contributed by atoms with van der Waals surface area (Å²) in [4.78, 5) is 27.2. The molecule has 1 aliphatic carbocycles. The van der Waals surface area contributed by atoms with Gasteiger partial charge in [0.15, 0.2) is 0 Å². The van der Waals surface area contributed by atoms with Gasteiger partial charge in [-0.05, 0) is 43.9 Å². The Labute approximate surface area is 159 Å². The molecule has 1 saturated carbocycles. The number of fused-ring (bicyclic) bond motifs is 1. The molecule has 3 rings (SSSR count). The normalized spacial score (nSPS) is 22.0. The quantitative estimate of drug-likeness (QED) is 0.833. The Balaban J connectivity index is 1.92. The predicted octanol–water partition coefficient (Wildman–Crippen LogP) is 1.62. The molecule has 7 heteroatoms. The summed E-state index contributed by atoms with van der Waals surface area (Å²) in [5.74, 6) is -0.148. The van der Waals surface area contributed by atoms with E-state index in [4.69, 9.17) is 0 Å². The van der Waals surface area contributed by atoms with Gasteiger partial charge in [0.25, 0.3) is 5.56 Å². The highest BCUT2D eigenvalue weighted by Gasteiger charge is 2.39. The average Bonchev–Trinajstić information content (AvgIpc) is 2.54. The lowest BCUT2D eigenvalue weighted by atomic mass is 9.77. The molecule has 0 unspecified atom stereocenters. The van der Waals surface area contributed by atoms with Crippen molar-refractivity contribution in [1.82, 2.24) is 15.1 Å². The van der Waals surface area contributed by atoms with Crippen molar-refractivity contribution in [3.05, 3.63) is 34.2 Å². The molecular formula is C20H28N4O3. The fourth-order valence-electron chi connectivity index (χ4n) is 3.62. The number of hydrogen-bond donors (Lipinski definition) is 2. The van der Waals surface area contributed by atoms with Gasteiger partial charge in [-0.3, -0.25) is 9.59 Å². The van der Waals surface area contributed by atoms with Crippen LogP contribution < -0.4 is 15.8 Å². The second-order valence-electron chi connectivity index (χ2n) is 8.30. The van der Waals surface area contributed by atoms with E-state index in [9.17, 15) is 14.7 Å². The summed E-state index contributed by atoms with van der Waals surface area (Å²) in [5.41, 5.74) is 0.826. The number of aliphatic hydroxyl groups is 1. The van der Waals surface area contributed by atoms with Gasteiger partial charge >= 0.3 is 0 Å². The van der Waals surface area contributed by atoms with E-state index in [0.717, 1.165) is 16.8 Å². The maximum atomic E-state index is 12.9. The zero-order chi connectivity index (χ0) is 19.9. The molecule has 1 fully saturated rings. The van der Waals surface area contributed by atoms with E-state index < -0.39 is 5.60 Å². The van der Waals surface area contributed by atoms with Gasteiger partial charge in [0.05, 0.1) is 16.7 Å². The SMILES string of the molecule is CC(C)c1nn(CC(=O)N[C@H]2C[C@@](C)(O)C2)c(=O)c2ccc(N(C)C)cc12. The third-order valence-corrected chi connectivity index (χ3v) is 5.07. The summed E-state index contributed by atoms with van der Waals surface area (Å²) >= 11 is 0. The molecule has 0 bridgehead atoms. The predicted molar refractivity (Wildman–Crippen MR) is 106 cm³/mol. The highest BCUT2D eigenvalue weighted by atomic mass is 16.3. The van der Waals surface area contributed by atoms with Crippen LogP contribution in [0.3, 0.4) is 0 Å². The maximum absolute atomic E-state index is 12.9. The van der Waals surface area contributed by atoms with E-state index in [-0.39, 0.29) is 30.0 Å². The van der Waals surface area contributed by atoms with Crippen LogP contribution >= 0.6 is 0 Å². The highest BCUT2D eigenvalue weighted by molar-refractivity contribution is 5.87. The summed E-state index contributed by atoms with van der Waals surface area (Å²) < 4.78 is 1.25. The van der Waals surface area contributed by atoms with Crippen molar-refractivity contribution in [2.75, 3.05) is 19.0 Å². The molecule has 0 radical (unpaired) electrons. The van der Waals surface area contributed by atoms with Gasteiger partial charge in [-0.15, -0.1) is 0 Å². The van der Waals surface area contributed by atoms with Gasteiger partial charge < -0.3 is 15.3 Å². The fraction of sp³-hybridized carbons (Fsp3) is 0.550. The largest absolute Gasteiger partial charge is 0.390 e. The molecule has 0 atom stereocenters. The second-order valence-corrected chi connectivity index (χ2v) is 8.30. The summed E-state index contributed by atoms with van der Waals surface area (Å²) in [5, 5.41) is 18.5. The van der Waals surface area contributed by atoms with Crippen LogP contribution in [0.2, 0.25) is 0 Å². The minimum absolute atomic E-state index is 0.0455.